The first kappa shape index (κ1) is 19.8. The summed E-state index contributed by atoms with van der Waals surface area (Å²) in [6.07, 6.45) is 0.583. The predicted octanol–water partition coefficient (Wildman–Crippen LogP) is 2.08. The van der Waals surface area contributed by atoms with Crippen LogP contribution >= 0.6 is 0 Å². The van der Waals surface area contributed by atoms with E-state index in [1.54, 1.807) is 25.2 Å². The highest BCUT2D eigenvalue weighted by atomic mass is 16.5. The largest absolute Gasteiger partial charge is 0.493 e. The number of amides is 3. The predicted molar refractivity (Wildman–Crippen MR) is 109 cm³/mol. The Kier molecular flexibility index (Phi) is 5.31. The van der Waals surface area contributed by atoms with Crippen LogP contribution in [0.25, 0.3) is 0 Å². The molecule has 0 radical (unpaired) electrons. The van der Waals surface area contributed by atoms with Crippen LogP contribution < -0.4 is 20.1 Å². The number of anilines is 1. The van der Waals surface area contributed by atoms with Gasteiger partial charge in [0.2, 0.25) is 11.8 Å². The SMILES string of the molecule is COc1ccc(CNc2cccc3c2CN(C2CCC(=O)NC2=O)C3=O)cc1OC. The fraction of sp³-hybridized carbons (Fsp3) is 0.318. The van der Waals surface area contributed by atoms with Crippen molar-refractivity contribution in [3.63, 3.8) is 0 Å². The van der Waals surface area contributed by atoms with E-state index in [4.69, 9.17) is 9.47 Å². The smallest absolute Gasteiger partial charge is 0.255 e. The number of imide groups is 1. The normalized spacial score (nSPS) is 18.1. The Labute approximate surface area is 174 Å². The molecular formula is C22H23N3O5. The lowest BCUT2D eigenvalue weighted by Gasteiger charge is -2.29. The highest BCUT2D eigenvalue weighted by molar-refractivity contribution is 6.06. The van der Waals surface area contributed by atoms with Crippen molar-refractivity contribution in [2.24, 2.45) is 0 Å². The van der Waals surface area contributed by atoms with Crippen molar-refractivity contribution in [2.75, 3.05) is 19.5 Å². The molecule has 2 aromatic rings. The second-order valence-electron chi connectivity index (χ2n) is 7.27. The van der Waals surface area contributed by atoms with E-state index < -0.39 is 11.9 Å². The monoisotopic (exact) mass is 409 g/mol. The first-order valence-electron chi connectivity index (χ1n) is 9.73. The molecule has 8 nitrogen and oxygen atoms in total. The number of methoxy groups -OCH3 is 2. The fourth-order valence-corrected chi connectivity index (χ4v) is 3.94. The lowest BCUT2D eigenvalue weighted by Crippen LogP contribution is -2.52. The van der Waals surface area contributed by atoms with Crippen molar-refractivity contribution < 1.29 is 23.9 Å². The van der Waals surface area contributed by atoms with Crippen LogP contribution in [-0.4, -0.2) is 42.9 Å². The van der Waals surface area contributed by atoms with Crippen LogP contribution in [0.15, 0.2) is 36.4 Å². The summed E-state index contributed by atoms with van der Waals surface area (Å²) in [6.45, 7) is 0.860. The Bertz CT molecular complexity index is 1020. The van der Waals surface area contributed by atoms with E-state index in [-0.39, 0.29) is 18.2 Å². The summed E-state index contributed by atoms with van der Waals surface area (Å²) in [5, 5.41) is 5.71. The van der Waals surface area contributed by atoms with Crippen LogP contribution in [0.3, 0.4) is 0 Å². The number of rotatable bonds is 6. The summed E-state index contributed by atoms with van der Waals surface area (Å²) in [7, 11) is 3.18. The van der Waals surface area contributed by atoms with Crippen molar-refractivity contribution in [1.82, 2.24) is 10.2 Å². The van der Waals surface area contributed by atoms with E-state index >= 15 is 0 Å². The molecule has 156 valence electrons. The van der Waals surface area contributed by atoms with Gasteiger partial charge in [0.15, 0.2) is 11.5 Å². The summed E-state index contributed by atoms with van der Waals surface area (Å²) >= 11 is 0. The lowest BCUT2D eigenvalue weighted by atomic mass is 10.0. The van der Waals surface area contributed by atoms with Gasteiger partial charge < -0.3 is 19.7 Å². The Hall–Kier alpha value is -3.55. The first-order chi connectivity index (χ1) is 14.5. The van der Waals surface area contributed by atoms with Gasteiger partial charge >= 0.3 is 0 Å². The molecule has 1 saturated heterocycles. The third-order valence-corrected chi connectivity index (χ3v) is 5.51. The van der Waals surface area contributed by atoms with Gasteiger partial charge in [0.1, 0.15) is 6.04 Å². The van der Waals surface area contributed by atoms with Crippen LogP contribution in [-0.2, 0) is 22.7 Å². The van der Waals surface area contributed by atoms with Crippen molar-refractivity contribution in [3.8, 4) is 11.5 Å². The Morgan fingerprint density at radius 1 is 1.10 bits per heavy atom. The second kappa shape index (κ2) is 8.06. The summed E-state index contributed by atoms with van der Waals surface area (Å²) < 4.78 is 10.6. The number of fused-ring (bicyclic) bond motifs is 1. The second-order valence-corrected chi connectivity index (χ2v) is 7.27. The number of nitrogens with zero attached hydrogens (tertiary/aromatic N) is 1. The zero-order valence-corrected chi connectivity index (χ0v) is 16.9. The highest BCUT2D eigenvalue weighted by Crippen LogP contribution is 2.33. The summed E-state index contributed by atoms with van der Waals surface area (Å²) in [4.78, 5) is 38.1. The molecule has 2 aromatic carbocycles. The first-order valence-corrected chi connectivity index (χ1v) is 9.73. The molecule has 30 heavy (non-hydrogen) atoms. The van der Waals surface area contributed by atoms with Gasteiger partial charge in [-0.15, -0.1) is 0 Å². The van der Waals surface area contributed by atoms with Crippen LogP contribution in [0.2, 0.25) is 0 Å². The summed E-state index contributed by atoms with van der Waals surface area (Å²) in [5.74, 6) is 0.417. The minimum atomic E-state index is -0.624. The van der Waals surface area contributed by atoms with Gasteiger partial charge in [0, 0.05) is 36.3 Å². The van der Waals surface area contributed by atoms with Crippen molar-refractivity contribution >= 4 is 23.4 Å². The number of carbonyl (C=O) groups excluding carboxylic acids is 3. The maximum atomic E-state index is 12.9. The average Bonchev–Trinajstić information content (AvgIpc) is 3.09. The van der Waals surface area contributed by atoms with E-state index in [0.717, 1.165) is 16.8 Å². The van der Waals surface area contributed by atoms with E-state index in [1.165, 1.54) is 0 Å². The Balaban J connectivity index is 1.52. The molecule has 3 amide bonds. The van der Waals surface area contributed by atoms with E-state index in [0.29, 0.717) is 36.6 Å². The van der Waals surface area contributed by atoms with E-state index in [2.05, 4.69) is 10.6 Å². The highest BCUT2D eigenvalue weighted by Gasteiger charge is 2.39. The summed E-state index contributed by atoms with van der Waals surface area (Å²) in [6, 6.07) is 10.6. The molecule has 2 heterocycles. The zero-order valence-electron chi connectivity index (χ0n) is 16.9. The molecule has 1 unspecified atom stereocenters. The van der Waals surface area contributed by atoms with Gasteiger partial charge in [0.25, 0.3) is 5.91 Å². The topological polar surface area (TPSA) is 97.0 Å². The van der Waals surface area contributed by atoms with Gasteiger partial charge in [-0.3, -0.25) is 19.7 Å². The molecule has 0 aliphatic carbocycles. The van der Waals surface area contributed by atoms with Crippen LogP contribution in [0.5, 0.6) is 11.5 Å². The van der Waals surface area contributed by atoms with Crippen molar-refractivity contribution in [1.29, 1.82) is 0 Å². The van der Waals surface area contributed by atoms with Gasteiger partial charge in [-0.25, -0.2) is 0 Å². The van der Waals surface area contributed by atoms with E-state index in [9.17, 15) is 14.4 Å². The number of carbonyl (C=O) groups is 3. The number of ether oxygens (including phenoxy) is 2. The number of piperidine rings is 1. The molecular weight excluding hydrogens is 386 g/mol. The number of nitrogens with one attached hydrogen (secondary N) is 2. The van der Waals surface area contributed by atoms with E-state index in [1.807, 2.05) is 30.3 Å². The number of hydrogen-bond acceptors (Lipinski definition) is 6. The molecule has 0 saturated carbocycles. The minimum Gasteiger partial charge on any atom is -0.493 e. The minimum absolute atomic E-state index is 0.186. The third kappa shape index (κ3) is 3.56. The maximum absolute atomic E-state index is 12.9. The molecule has 4 rings (SSSR count). The quantitative estimate of drug-likeness (QED) is 0.709. The standard InChI is InChI=1S/C22H23N3O5/c1-29-18-8-6-13(10-19(18)30-2)11-23-16-5-3-4-14-15(16)12-25(22(14)28)17-7-9-20(26)24-21(17)27/h3-6,8,10,17,23H,7,9,11-12H2,1-2H3,(H,24,26,27). The van der Waals surface area contributed by atoms with Crippen molar-refractivity contribution in [3.05, 3.63) is 53.1 Å². The van der Waals surface area contributed by atoms with Gasteiger partial charge in [-0.1, -0.05) is 12.1 Å². The maximum Gasteiger partial charge on any atom is 0.255 e. The average molecular weight is 409 g/mol. The molecule has 2 N–H and O–H groups in total. The molecule has 1 fully saturated rings. The summed E-state index contributed by atoms with van der Waals surface area (Å²) in [5.41, 5.74) is 3.27. The molecule has 2 aliphatic rings. The molecule has 1 atom stereocenters. The third-order valence-electron chi connectivity index (χ3n) is 5.51. The lowest BCUT2D eigenvalue weighted by molar-refractivity contribution is -0.136. The Morgan fingerprint density at radius 3 is 2.63 bits per heavy atom. The van der Waals surface area contributed by atoms with Gasteiger partial charge in [0.05, 0.1) is 14.2 Å². The number of hydrogen-bond donors (Lipinski definition) is 2. The molecule has 2 aliphatic heterocycles. The van der Waals surface area contributed by atoms with Gasteiger partial charge in [-0.2, -0.15) is 0 Å². The molecule has 0 aromatic heterocycles. The van der Waals surface area contributed by atoms with Crippen LogP contribution in [0.1, 0.15) is 34.3 Å². The van der Waals surface area contributed by atoms with Crippen LogP contribution in [0, 0.1) is 0 Å². The van der Waals surface area contributed by atoms with Crippen molar-refractivity contribution in [2.45, 2.75) is 32.0 Å². The zero-order chi connectivity index (χ0) is 21.3. The van der Waals surface area contributed by atoms with Crippen LogP contribution in [0.4, 0.5) is 5.69 Å². The number of benzene rings is 2. The molecule has 0 spiro atoms. The van der Waals surface area contributed by atoms with Gasteiger partial charge in [-0.05, 0) is 36.2 Å². The Morgan fingerprint density at radius 2 is 1.90 bits per heavy atom. The molecule has 0 bridgehead atoms. The molecule has 8 heteroatoms. The fourth-order valence-electron chi connectivity index (χ4n) is 3.94.